The number of benzene rings is 2. The number of rotatable bonds is 7. The molecule has 0 spiro atoms. The maximum atomic E-state index is 13.5. The van der Waals surface area contributed by atoms with Crippen LogP contribution in [0.4, 0.5) is 23.2 Å². The molecule has 2 atom stereocenters. The van der Waals surface area contributed by atoms with E-state index in [1.165, 1.54) is 29.4 Å². The van der Waals surface area contributed by atoms with Crippen LogP contribution in [0.1, 0.15) is 42.1 Å². The Morgan fingerprint density at radius 1 is 1.11 bits per heavy atom. The van der Waals surface area contributed by atoms with E-state index in [0.29, 0.717) is 43.3 Å². The average Bonchev–Trinajstić information content (AvgIpc) is 3.11. The van der Waals surface area contributed by atoms with E-state index in [0.717, 1.165) is 12.1 Å². The Kier molecular flexibility index (Phi) is 7.44. The van der Waals surface area contributed by atoms with Gasteiger partial charge in [-0.1, -0.05) is 6.92 Å². The second-order valence-corrected chi connectivity index (χ2v) is 11.4. The third kappa shape index (κ3) is 5.13. The van der Waals surface area contributed by atoms with Crippen LogP contribution >= 0.6 is 0 Å². The van der Waals surface area contributed by atoms with Crippen LogP contribution in [0.3, 0.4) is 0 Å². The van der Waals surface area contributed by atoms with Crippen molar-refractivity contribution in [2.75, 3.05) is 38.7 Å². The molecular weight excluding hydrogens is 514 g/mol. The lowest BCUT2D eigenvalue weighted by Gasteiger charge is -2.43. The number of nitrogens with zero attached hydrogens (tertiary/aromatic N) is 3. The Hall–Kier alpha value is -2.86. The molecule has 12 heteroatoms. The van der Waals surface area contributed by atoms with E-state index in [2.05, 4.69) is 0 Å². The summed E-state index contributed by atoms with van der Waals surface area (Å²) < 4.78 is 87.0. The molecule has 0 N–H and O–H groups in total. The van der Waals surface area contributed by atoms with Gasteiger partial charge in [0.15, 0.2) is 0 Å². The lowest BCUT2D eigenvalue weighted by Crippen LogP contribution is -2.55. The van der Waals surface area contributed by atoms with Gasteiger partial charge in [-0.05, 0) is 55.7 Å². The van der Waals surface area contributed by atoms with Gasteiger partial charge in [0, 0.05) is 38.8 Å². The third-order valence-corrected chi connectivity index (χ3v) is 8.81. The molecule has 2 unspecified atom stereocenters. The summed E-state index contributed by atoms with van der Waals surface area (Å²) in [5, 5.41) is 0. The molecule has 2 bridgehead atoms. The van der Waals surface area contributed by atoms with Gasteiger partial charge >= 0.3 is 6.18 Å². The molecule has 2 saturated heterocycles. The lowest BCUT2D eigenvalue weighted by atomic mass is 10.0. The van der Waals surface area contributed by atoms with Crippen molar-refractivity contribution in [2.24, 2.45) is 0 Å². The van der Waals surface area contributed by atoms with Gasteiger partial charge in [0.05, 0.1) is 28.8 Å². The first kappa shape index (κ1) is 27.2. The van der Waals surface area contributed by atoms with Crippen LogP contribution in [-0.2, 0) is 16.2 Å². The number of carbonyl (C=O) groups excluding carboxylic acids is 1. The zero-order valence-electron chi connectivity index (χ0n) is 20.8. The van der Waals surface area contributed by atoms with E-state index in [9.17, 15) is 30.8 Å². The van der Waals surface area contributed by atoms with Crippen molar-refractivity contribution in [3.63, 3.8) is 0 Å². The summed E-state index contributed by atoms with van der Waals surface area (Å²) in [5.74, 6) is -1.42. The van der Waals surface area contributed by atoms with Gasteiger partial charge in [0.1, 0.15) is 11.6 Å². The number of hydrogen-bond acceptors (Lipinski definition) is 5. The number of hydrogen-bond donors (Lipinski definition) is 0. The van der Waals surface area contributed by atoms with Crippen molar-refractivity contribution in [1.29, 1.82) is 0 Å². The number of sulfonamides is 1. The van der Waals surface area contributed by atoms with E-state index in [4.69, 9.17) is 4.74 Å². The van der Waals surface area contributed by atoms with Crippen molar-refractivity contribution in [1.82, 2.24) is 9.21 Å². The molecule has 202 valence electrons. The molecule has 0 aliphatic carbocycles. The quantitative estimate of drug-likeness (QED) is 0.485. The minimum atomic E-state index is -4.88. The number of ether oxygens (including phenoxy) is 1. The van der Waals surface area contributed by atoms with Gasteiger partial charge in [0.2, 0.25) is 10.0 Å². The maximum absolute atomic E-state index is 13.5. The summed E-state index contributed by atoms with van der Waals surface area (Å²) in [4.78, 5) is 16.6. The molecule has 2 fully saturated rings. The van der Waals surface area contributed by atoms with Crippen molar-refractivity contribution < 1.29 is 35.5 Å². The highest BCUT2D eigenvalue weighted by Gasteiger charge is 2.44. The Morgan fingerprint density at radius 2 is 1.76 bits per heavy atom. The fourth-order valence-electron chi connectivity index (χ4n) is 5.22. The number of piperazine rings is 1. The minimum absolute atomic E-state index is 0.110. The molecule has 2 aromatic rings. The minimum Gasteiger partial charge on any atom is -0.495 e. The van der Waals surface area contributed by atoms with E-state index >= 15 is 0 Å². The van der Waals surface area contributed by atoms with Gasteiger partial charge in [0.25, 0.3) is 5.91 Å². The largest absolute Gasteiger partial charge is 0.495 e. The number of likely N-dealkylation sites (tertiary alicyclic amines) is 1. The van der Waals surface area contributed by atoms with Crippen LogP contribution < -0.4 is 9.64 Å². The number of methoxy groups -OCH3 is 1. The van der Waals surface area contributed by atoms with Crippen molar-refractivity contribution >= 4 is 21.6 Å². The standard InChI is InChI=1S/C25H29F4N3O4S/c1-4-11-30(2)37(34,35)19-8-10-23(36-3)22(13-19)32-17-6-7-18(32)15-31(14-17)24(33)20-9-5-16(26)12-21(20)25(27,28)29/h5,8-10,12-13,17-18H,4,6-7,11,14-15H2,1-3H3. The molecular formula is C25H29F4N3O4S. The van der Waals surface area contributed by atoms with Gasteiger partial charge in [-0.25, -0.2) is 17.1 Å². The number of halogens is 4. The summed E-state index contributed by atoms with van der Waals surface area (Å²) >= 11 is 0. The molecule has 2 aromatic carbocycles. The SMILES string of the molecule is CCCN(C)S(=O)(=O)c1ccc(OC)c(N2C3CCC2CN(C(=O)c2ccc(F)cc2C(F)(F)F)C3)c1. The maximum Gasteiger partial charge on any atom is 0.417 e. The Morgan fingerprint density at radius 3 is 2.32 bits per heavy atom. The van der Waals surface area contributed by atoms with Gasteiger partial charge in [-0.2, -0.15) is 13.2 Å². The highest BCUT2D eigenvalue weighted by Crippen LogP contribution is 2.42. The first-order chi connectivity index (χ1) is 17.4. The molecule has 0 saturated carbocycles. The first-order valence-electron chi connectivity index (χ1n) is 12.0. The van der Waals surface area contributed by atoms with E-state index < -0.39 is 39.1 Å². The summed E-state index contributed by atoms with van der Waals surface area (Å²) in [6.07, 6.45) is -2.89. The lowest BCUT2D eigenvalue weighted by molar-refractivity contribution is -0.138. The van der Waals surface area contributed by atoms with Crippen LogP contribution in [0.25, 0.3) is 0 Å². The summed E-state index contributed by atoms with van der Waals surface area (Å²) in [7, 11) is -0.742. The van der Waals surface area contributed by atoms with E-state index in [-0.39, 0.29) is 30.1 Å². The average molecular weight is 544 g/mol. The van der Waals surface area contributed by atoms with Crippen molar-refractivity contribution in [3.05, 3.63) is 53.3 Å². The summed E-state index contributed by atoms with van der Waals surface area (Å²) in [6.45, 7) is 2.52. The molecule has 4 rings (SSSR count). The second-order valence-electron chi connectivity index (χ2n) is 9.35. The van der Waals surface area contributed by atoms with Crippen molar-refractivity contribution in [2.45, 2.75) is 49.3 Å². The Balaban J connectivity index is 1.64. The molecule has 1 amide bonds. The normalized spacial score (nSPS) is 20.0. The third-order valence-electron chi connectivity index (χ3n) is 6.96. The van der Waals surface area contributed by atoms with Crippen LogP contribution in [-0.4, -0.2) is 69.4 Å². The van der Waals surface area contributed by atoms with Crippen LogP contribution in [0, 0.1) is 5.82 Å². The number of alkyl halides is 3. The predicted molar refractivity (Wildman–Crippen MR) is 130 cm³/mol. The Bertz CT molecular complexity index is 1270. The molecule has 37 heavy (non-hydrogen) atoms. The zero-order chi connectivity index (χ0) is 27.1. The second kappa shape index (κ2) is 10.1. The van der Waals surface area contributed by atoms with Crippen molar-refractivity contribution in [3.8, 4) is 5.75 Å². The fourth-order valence-corrected chi connectivity index (χ4v) is 6.50. The Labute approximate surface area is 213 Å². The van der Waals surface area contributed by atoms with E-state index in [1.54, 1.807) is 12.1 Å². The highest BCUT2D eigenvalue weighted by molar-refractivity contribution is 7.89. The topological polar surface area (TPSA) is 70.2 Å². The number of anilines is 1. The number of amides is 1. The summed E-state index contributed by atoms with van der Waals surface area (Å²) in [6, 6.07) is 6.19. The van der Waals surface area contributed by atoms with Crippen LogP contribution in [0.5, 0.6) is 5.75 Å². The van der Waals surface area contributed by atoms with E-state index in [1.807, 2.05) is 11.8 Å². The first-order valence-corrected chi connectivity index (χ1v) is 13.4. The van der Waals surface area contributed by atoms with Gasteiger partial charge < -0.3 is 14.5 Å². The monoisotopic (exact) mass is 543 g/mol. The molecule has 2 heterocycles. The zero-order valence-corrected chi connectivity index (χ0v) is 21.6. The fraction of sp³-hybridized carbons (Fsp3) is 0.480. The van der Waals surface area contributed by atoms with Crippen LogP contribution in [0.15, 0.2) is 41.3 Å². The molecule has 7 nitrogen and oxygen atoms in total. The van der Waals surface area contributed by atoms with Gasteiger partial charge in [-0.3, -0.25) is 4.79 Å². The summed E-state index contributed by atoms with van der Waals surface area (Å²) in [5.41, 5.74) is -1.33. The van der Waals surface area contributed by atoms with Gasteiger partial charge in [-0.15, -0.1) is 0 Å². The number of carbonyl (C=O) groups is 1. The number of fused-ring (bicyclic) bond motifs is 2. The molecule has 2 aliphatic rings. The predicted octanol–water partition coefficient (Wildman–Crippen LogP) is 4.38. The van der Waals surface area contributed by atoms with Crippen LogP contribution in [0.2, 0.25) is 0 Å². The molecule has 2 aliphatic heterocycles. The molecule has 0 aromatic heterocycles. The highest BCUT2D eigenvalue weighted by atomic mass is 32.2. The molecule has 0 radical (unpaired) electrons. The smallest absolute Gasteiger partial charge is 0.417 e.